The minimum atomic E-state index is -0.00189. The van der Waals surface area contributed by atoms with Gasteiger partial charge in [-0.3, -0.25) is 9.36 Å². The quantitative estimate of drug-likeness (QED) is 0.801. The van der Waals surface area contributed by atoms with E-state index in [1.165, 1.54) is 16.9 Å². The number of aryl methyl sites for hydroxylation is 2. The first kappa shape index (κ1) is 14.0. The van der Waals surface area contributed by atoms with Gasteiger partial charge in [-0.1, -0.05) is 20.8 Å². The van der Waals surface area contributed by atoms with Crippen LogP contribution in [0, 0.1) is 10.2 Å². The maximum atomic E-state index is 12.9. The van der Waals surface area contributed by atoms with Crippen LogP contribution in [0.1, 0.15) is 50.6 Å². The molecule has 3 nitrogen and oxygen atoms in total. The smallest absolute Gasteiger partial charge is 0.263 e. The molecule has 5 heteroatoms. The molecule has 2 aromatic heterocycles. The van der Waals surface area contributed by atoms with Gasteiger partial charge in [0, 0.05) is 10.9 Å². The van der Waals surface area contributed by atoms with Crippen molar-refractivity contribution in [1.29, 1.82) is 0 Å². The lowest BCUT2D eigenvalue weighted by atomic mass is 9.88. The lowest BCUT2D eigenvalue weighted by molar-refractivity contribution is 0.254. The van der Waals surface area contributed by atoms with Crippen LogP contribution in [0.3, 0.4) is 0 Å². The molecule has 0 spiro atoms. The first-order valence-corrected chi connectivity index (χ1v) is 8.32. The van der Waals surface area contributed by atoms with Crippen LogP contribution in [-0.2, 0) is 12.8 Å². The van der Waals surface area contributed by atoms with Crippen molar-refractivity contribution in [2.45, 2.75) is 53.0 Å². The Morgan fingerprint density at radius 1 is 1.35 bits per heavy atom. The summed E-state index contributed by atoms with van der Waals surface area (Å²) in [5.41, 5.74) is 1.35. The molecule has 3 rings (SSSR count). The van der Waals surface area contributed by atoms with Crippen LogP contribution in [0.25, 0.3) is 10.2 Å². The van der Waals surface area contributed by atoms with Crippen molar-refractivity contribution in [3.05, 3.63) is 25.6 Å². The Labute approximate surface area is 127 Å². The maximum Gasteiger partial charge on any atom is 0.263 e. The summed E-state index contributed by atoms with van der Waals surface area (Å²) in [7, 11) is 0. The second kappa shape index (κ2) is 4.53. The van der Waals surface area contributed by atoms with Gasteiger partial charge in [-0.15, -0.1) is 11.3 Å². The number of fused-ring (bicyclic) bond motifs is 3. The molecule has 1 atom stereocenters. The molecule has 1 aliphatic rings. The highest BCUT2D eigenvalue weighted by Gasteiger charge is 2.27. The molecule has 0 aliphatic heterocycles. The SMILES string of the molecule is CC(n1c(=S)[nH]c2sc3c(c2c1=O)CCC3)C(C)(C)C. The van der Waals surface area contributed by atoms with E-state index in [0.29, 0.717) is 4.77 Å². The van der Waals surface area contributed by atoms with Gasteiger partial charge < -0.3 is 4.98 Å². The van der Waals surface area contributed by atoms with E-state index in [9.17, 15) is 4.79 Å². The topological polar surface area (TPSA) is 37.8 Å². The standard InChI is InChI=1S/C15H20N2OS2/c1-8(15(2,3)4)17-13(18)11-9-6-5-7-10(9)20-12(11)16-14(17)19/h8H,5-7H2,1-4H3,(H,16,19). The molecule has 0 saturated heterocycles. The van der Waals surface area contributed by atoms with E-state index >= 15 is 0 Å². The molecule has 0 fully saturated rings. The molecule has 2 heterocycles. The Morgan fingerprint density at radius 3 is 2.70 bits per heavy atom. The molecule has 0 bridgehead atoms. The zero-order valence-electron chi connectivity index (χ0n) is 12.4. The summed E-state index contributed by atoms with van der Waals surface area (Å²) in [4.78, 5) is 18.5. The van der Waals surface area contributed by atoms with E-state index in [-0.39, 0.29) is 17.0 Å². The van der Waals surface area contributed by atoms with Crippen molar-refractivity contribution in [3.63, 3.8) is 0 Å². The van der Waals surface area contributed by atoms with Gasteiger partial charge >= 0.3 is 0 Å². The molecule has 0 amide bonds. The van der Waals surface area contributed by atoms with Crippen molar-refractivity contribution >= 4 is 33.8 Å². The molecular formula is C15H20N2OS2. The summed E-state index contributed by atoms with van der Waals surface area (Å²) in [5.74, 6) is 0. The van der Waals surface area contributed by atoms with Crippen molar-refractivity contribution in [1.82, 2.24) is 9.55 Å². The number of aromatic nitrogens is 2. The first-order valence-electron chi connectivity index (χ1n) is 7.10. The monoisotopic (exact) mass is 308 g/mol. The molecule has 108 valence electrons. The van der Waals surface area contributed by atoms with Gasteiger partial charge in [-0.05, 0) is 49.4 Å². The van der Waals surface area contributed by atoms with E-state index in [0.717, 1.165) is 23.1 Å². The second-order valence-electron chi connectivity index (χ2n) is 6.71. The predicted octanol–water partition coefficient (Wildman–Crippen LogP) is 4.22. The zero-order chi connectivity index (χ0) is 14.7. The van der Waals surface area contributed by atoms with Crippen molar-refractivity contribution in [3.8, 4) is 0 Å². The number of hydrogen-bond donors (Lipinski definition) is 1. The van der Waals surface area contributed by atoms with Crippen LogP contribution in [0.2, 0.25) is 0 Å². The fourth-order valence-corrected chi connectivity index (χ4v) is 4.52. The Hall–Kier alpha value is -0.940. The lowest BCUT2D eigenvalue weighted by Crippen LogP contribution is -2.32. The zero-order valence-corrected chi connectivity index (χ0v) is 14.0. The van der Waals surface area contributed by atoms with Gasteiger partial charge in [0.25, 0.3) is 5.56 Å². The summed E-state index contributed by atoms with van der Waals surface area (Å²) >= 11 is 7.14. The summed E-state index contributed by atoms with van der Waals surface area (Å²) in [6, 6.07) is 0.0695. The normalized spacial score (nSPS) is 16.6. The average Bonchev–Trinajstić information content (AvgIpc) is 2.86. The van der Waals surface area contributed by atoms with Crippen LogP contribution in [0.5, 0.6) is 0 Å². The van der Waals surface area contributed by atoms with Gasteiger partial charge in [-0.25, -0.2) is 0 Å². The maximum absolute atomic E-state index is 12.9. The molecule has 1 unspecified atom stereocenters. The largest absolute Gasteiger partial charge is 0.323 e. The van der Waals surface area contributed by atoms with E-state index in [4.69, 9.17) is 12.2 Å². The fraction of sp³-hybridized carbons (Fsp3) is 0.600. The number of rotatable bonds is 1. The van der Waals surface area contributed by atoms with Crippen LogP contribution >= 0.6 is 23.6 Å². The van der Waals surface area contributed by atoms with Gasteiger partial charge in [0.2, 0.25) is 0 Å². The first-order chi connectivity index (χ1) is 9.30. The minimum absolute atomic E-state index is 0.00189. The highest BCUT2D eigenvalue weighted by Crippen LogP contribution is 2.35. The third kappa shape index (κ3) is 1.99. The summed E-state index contributed by atoms with van der Waals surface area (Å²) < 4.78 is 2.31. The lowest BCUT2D eigenvalue weighted by Gasteiger charge is -2.29. The molecule has 1 N–H and O–H groups in total. The Morgan fingerprint density at radius 2 is 2.05 bits per heavy atom. The molecule has 0 saturated carbocycles. The van der Waals surface area contributed by atoms with E-state index in [2.05, 4.69) is 32.7 Å². The number of nitrogens with zero attached hydrogens (tertiary/aromatic N) is 1. The molecular weight excluding hydrogens is 288 g/mol. The van der Waals surface area contributed by atoms with Gasteiger partial charge in [0.15, 0.2) is 4.77 Å². The molecule has 0 aromatic carbocycles. The number of hydrogen-bond acceptors (Lipinski definition) is 3. The molecule has 2 aromatic rings. The van der Waals surface area contributed by atoms with Crippen LogP contribution in [0.15, 0.2) is 4.79 Å². The number of aromatic amines is 1. The van der Waals surface area contributed by atoms with Crippen LogP contribution < -0.4 is 5.56 Å². The summed E-state index contributed by atoms with van der Waals surface area (Å²) in [6.07, 6.45) is 3.30. The Balaban J connectivity index is 2.34. The Kier molecular flexibility index (Phi) is 3.18. The highest BCUT2D eigenvalue weighted by molar-refractivity contribution is 7.71. The van der Waals surface area contributed by atoms with Crippen molar-refractivity contribution in [2.75, 3.05) is 0 Å². The Bertz CT molecular complexity index is 789. The average molecular weight is 308 g/mol. The molecule has 1 aliphatic carbocycles. The fourth-order valence-electron chi connectivity index (χ4n) is 2.83. The number of thiophene rings is 1. The summed E-state index contributed by atoms with van der Waals surface area (Å²) in [6.45, 7) is 8.49. The second-order valence-corrected chi connectivity index (χ2v) is 8.20. The van der Waals surface area contributed by atoms with E-state index in [1.807, 2.05) is 0 Å². The van der Waals surface area contributed by atoms with Crippen LogP contribution in [0.4, 0.5) is 0 Å². The third-order valence-corrected chi connectivity index (χ3v) is 5.94. The molecule has 0 radical (unpaired) electrons. The minimum Gasteiger partial charge on any atom is -0.323 e. The van der Waals surface area contributed by atoms with Crippen molar-refractivity contribution < 1.29 is 0 Å². The van der Waals surface area contributed by atoms with Gasteiger partial charge in [0.1, 0.15) is 4.83 Å². The van der Waals surface area contributed by atoms with Gasteiger partial charge in [-0.2, -0.15) is 0 Å². The van der Waals surface area contributed by atoms with Gasteiger partial charge in [0.05, 0.1) is 5.39 Å². The van der Waals surface area contributed by atoms with E-state index < -0.39 is 0 Å². The number of nitrogens with one attached hydrogen (secondary N) is 1. The third-order valence-electron chi connectivity index (χ3n) is 4.43. The highest BCUT2D eigenvalue weighted by atomic mass is 32.1. The van der Waals surface area contributed by atoms with E-state index in [1.54, 1.807) is 15.9 Å². The number of H-pyrrole nitrogens is 1. The summed E-state index contributed by atoms with van der Waals surface area (Å²) in [5, 5.41) is 0.882. The molecule has 20 heavy (non-hydrogen) atoms. The van der Waals surface area contributed by atoms with Crippen molar-refractivity contribution in [2.24, 2.45) is 5.41 Å². The predicted molar refractivity (Wildman–Crippen MR) is 87.5 cm³/mol. The van der Waals surface area contributed by atoms with Crippen LogP contribution in [-0.4, -0.2) is 9.55 Å².